The van der Waals surface area contributed by atoms with Crippen molar-refractivity contribution in [2.45, 2.75) is 4.90 Å². The molecule has 28 heavy (non-hydrogen) atoms. The Balaban J connectivity index is 1.95. The number of benzene rings is 2. The van der Waals surface area contributed by atoms with Gasteiger partial charge in [-0.2, -0.15) is 9.61 Å². The molecule has 2 aromatic carbocycles. The van der Waals surface area contributed by atoms with E-state index >= 15 is 0 Å². The summed E-state index contributed by atoms with van der Waals surface area (Å²) in [6.45, 7) is 0. The molecule has 4 aromatic rings. The molecule has 0 aliphatic carbocycles. The van der Waals surface area contributed by atoms with E-state index in [4.69, 9.17) is 4.74 Å². The van der Waals surface area contributed by atoms with Crippen LogP contribution in [0.2, 0.25) is 0 Å². The molecular weight excluding hydrogens is 383 g/mol. The molecule has 0 aliphatic heterocycles. The molecule has 2 heterocycles. The molecule has 0 spiro atoms. The predicted molar refractivity (Wildman–Crippen MR) is 101 cm³/mol. The Morgan fingerprint density at radius 1 is 1.04 bits per heavy atom. The maximum atomic E-state index is 14.3. The summed E-state index contributed by atoms with van der Waals surface area (Å²) in [5, 5.41) is 4.29. The zero-order valence-electron chi connectivity index (χ0n) is 15.0. The molecule has 9 heteroatoms. The second kappa shape index (κ2) is 6.68. The van der Waals surface area contributed by atoms with Crippen molar-refractivity contribution in [3.8, 4) is 28.3 Å². The third-order valence-corrected chi connectivity index (χ3v) is 5.39. The number of rotatable bonds is 4. The predicted octanol–water partition coefficient (Wildman–Crippen LogP) is 3.01. The van der Waals surface area contributed by atoms with E-state index in [-0.39, 0.29) is 10.6 Å². The Kier molecular flexibility index (Phi) is 4.31. The Morgan fingerprint density at radius 2 is 1.75 bits per heavy atom. The normalized spacial score (nSPS) is 11.7. The number of ether oxygens (including phenoxy) is 1. The van der Waals surface area contributed by atoms with Crippen LogP contribution in [0.15, 0.2) is 59.8 Å². The molecule has 0 radical (unpaired) electrons. The Labute approximate surface area is 160 Å². The van der Waals surface area contributed by atoms with Crippen LogP contribution in [0.4, 0.5) is 4.39 Å². The van der Waals surface area contributed by atoms with Crippen LogP contribution in [0.5, 0.6) is 5.75 Å². The van der Waals surface area contributed by atoms with Gasteiger partial charge in [-0.3, -0.25) is 0 Å². The first-order chi connectivity index (χ1) is 13.4. The van der Waals surface area contributed by atoms with Crippen molar-refractivity contribution in [1.29, 1.82) is 0 Å². The molecule has 0 aliphatic rings. The van der Waals surface area contributed by atoms with Crippen molar-refractivity contribution in [2.24, 2.45) is 0 Å². The summed E-state index contributed by atoms with van der Waals surface area (Å²) in [6.07, 6.45) is 4.17. The zero-order valence-corrected chi connectivity index (χ0v) is 15.8. The van der Waals surface area contributed by atoms with Crippen molar-refractivity contribution >= 4 is 15.6 Å². The van der Waals surface area contributed by atoms with Crippen molar-refractivity contribution in [1.82, 2.24) is 19.6 Å². The molecule has 0 unspecified atom stereocenters. The fourth-order valence-corrected chi connectivity index (χ4v) is 3.55. The third kappa shape index (κ3) is 3.09. The van der Waals surface area contributed by atoms with Crippen LogP contribution in [0.25, 0.3) is 28.3 Å². The SMILES string of the molecule is COc1ccc(-c2nc3nccnn3c2-c2ccc(S(C)(=O)=O)cc2)cc1F. The van der Waals surface area contributed by atoms with Gasteiger partial charge < -0.3 is 4.74 Å². The summed E-state index contributed by atoms with van der Waals surface area (Å²) in [7, 11) is -1.93. The quantitative estimate of drug-likeness (QED) is 0.525. The number of halogens is 1. The monoisotopic (exact) mass is 398 g/mol. The summed E-state index contributed by atoms with van der Waals surface area (Å²) in [6, 6.07) is 10.9. The van der Waals surface area contributed by atoms with Gasteiger partial charge in [0.2, 0.25) is 0 Å². The van der Waals surface area contributed by atoms with Gasteiger partial charge in [-0.15, -0.1) is 0 Å². The van der Waals surface area contributed by atoms with Gasteiger partial charge in [0, 0.05) is 17.4 Å². The van der Waals surface area contributed by atoms with Crippen LogP contribution in [0.3, 0.4) is 0 Å². The van der Waals surface area contributed by atoms with E-state index < -0.39 is 15.7 Å². The highest BCUT2D eigenvalue weighted by Gasteiger charge is 2.19. The topological polar surface area (TPSA) is 86.4 Å². The van der Waals surface area contributed by atoms with Gasteiger partial charge in [-0.25, -0.2) is 22.8 Å². The number of imidazole rings is 1. The van der Waals surface area contributed by atoms with Crippen LogP contribution in [0.1, 0.15) is 0 Å². The summed E-state index contributed by atoms with van der Waals surface area (Å²) < 4.78 is 44.2. The number of nitrogens with zero attached hydrogens (tertiary/aromatic N) is 4. The van der Waals surface area contributed by atoms with Crippen LogP contribution in [-0.4, -0.2) is 41.4 Å². The molecule has 0 saturated heterocycles. The first-order valence-electron chi connectivity index (χ1n) is 8.22. The minimum absolute atomic E-state index is 0.128. The van der Waals surface area contributed by atoms with Gasteiger partial charge in [0.05, 0.1) is 24.4 Å². The number of fused-ring (bicyclic) bond motifs is 1. The number of sulfone groups is 1. The standard InChI is InChI=1S/C19H15FN4O3S/c1-27-16-8-5-13(11-15(16)20)17-18(24-19(23-17)21-9-10-22-24)12-3-6-14(7-4-12)28(2,25)26/h3-11H,1-2H3. The van der Waals surface area contributed by atoms with E-state index in [1.165, 1.54) is 48.3 Å². The molecule has 0 saturated carbocycles. The molecule has 142 valence electrons. The maximum Gasteiger partial charge on any atom is 0.251 e. The average molecular weight is 398 g/mol. The van der Waals surface area contributed by atoms with Gasteiger partial charge in [-0.1, -0.05) is 12.1 Å². The van der Waals surface area contributed by atoms with Crippen molar-refractivity contribution in [2.75, 3.05) is 13.4 Å². The minimum atomic E-state index is -3.32. The maximum absolute atomic E-state index is 14.3. The number of aromatic nitrogens is 4. The summed E-state index contributed by atoms with van der Waals surface area (Å²) in [4.78, 5) is 8.89. The summed E-state index contributed by atoms with van der Waals surface area (Å²) in [5.74, 6) is -0.0462. The lowest BCUT2D eigenvalue weighted by Gasteiger charge is -2.07. The van der Waals surface area contributed by atoms with Crippen molar-refractivity contribution in [3.05, 3.63) is 60.7 Å². The van der Waals surface area contributed by atoms with Crippen LogP contribution < -0.4 is 4.74 Å². The Bertz CT molecular complexity index is 1280. The van der Waals surface area contributed by atoms with Crippen molar-refractivity contribution < 1.29 is 17.5 Å². The molecule has 0 fully saturated rings. The highest BCUT2D eigenvalue weighted by Crippen LogP contribution is 2.34. The van der Waals surface area contributed by atoms with Crippen LogP contribution in [0, 0.1) is 5.82 Å². The summed E-state index contributed by atoms with van der Waals surface area (Å²) in [5.41, 5.74) is 2.24. The highest BCUT2D eigenvalue weighted by atomic mass is 32.2. The lowest BCUT2D eigenvalue weighted by Crippen LogP contribution is -1.98. The molecule has 0 N–H and O–H groups in total. The number of hydrogen-bond donors (Lipinski definition) is 0. The van der Waals surface area contributed by atoms with Gasteiger partial charge in [0.25, 0.3) is 5.78 Å². The van der Waals surface area contributed by atoms with Crippen LogP contribution in [-0.2, 0) is 9.84 Å². The lowest BCUT2D eigenvalue weighted by molar-refractivity contribution is 0.386. The second-order valence-electron chi connectivity index (χ2n) is 6.11. The fraction of sp³-hybridized carbons (Fsp3) is 0.105. The van der Waals surface area contributed by atoms with Gasteiger partial charge in [-0.05, 0) is 30.3 Å². The van der Waals surface area contributed by atoms with E-state index in [1.54, 1.807) is 18.2 Å². The second-order valence-corrected chi connectivity index (χ2v) is 8.13. The molecule has 0 bridgehead atoms. The van der Waals surface area contributed by atoms with Crippen LogP contribution >= 0.6 is 0 Å². The first kappa shape index (κ1) is 18.1. The minimum Gasteiger partial charge on any atom is -0.494 e. The first-order valence-corrected chi connectivity index (χ1v) is 10.1. The lowest BCUT2D eigenvalue weighted by atomic mass is 10.0. The molecule has 2 aromatic heterocycles. The zero-order chi connectivity index (χ0) is 19.9. The molecular formula is C19H15FN4O3S. The van der Waals surface area contributed by atoms with E-state index in [2.05, 4.69) is 15.1 Å². The van der Waals surface area contributed by atoms with E-state index in [1.807, 2.05) is 0 Å². The molecule has 0 amide bonds. The van der Waals surface area contributed by atoms with Gasteiger partial charge in [0.15, 0.2) is 21.4 Å². The fourth-order valence-electron chi connectivity index (χ4n) is 2.92. The third-order valence-electron chi connectivity index (χ3n) is 4.26. The highest BCUT2D eigenvalue weighted by molar-refractivity contribution is 7.90. The smallest absolute Gasteiger partial charge is 0.251 e. The Hall–Kier alpha value is -3.33. The molecule has 0 atom stereocenters. The summed E-state index contributed by atoms with van der Waals surface area (Å²) >= 11 is 0. The molecule has 7 nitrogen and oxygen atoms in total. The van der Waals surface area contributed by atoms with Gasteiger partial charge in [0.1, 0.15) is 11.4 Å². The molecule has 4 rings (SSSR count). The van der Waals surface area contributed by atoms with E-state index in [0.29, 0.717) is 28.3 Å². The van der Waals surface area contributed by atoms with E-state index in [9.17, 15) is 12.8 Å². The number of hydrogen-bond acceptors (Lipinski definition) is 6. The van der Waals surface area contributed by atoms with Crippen molar-refractivity contribution in [3.63, 3.8) is 0 Å². The number of methoxy groups -OCH3 is 1. The average Bonchev–Trinajstić information content (AvgIpc) is 3.07. The largest absolute Gasteiger partial charge is 0.494 e. The van der Waals surface area contributed by atoms with Gasteiger partial charge >= 0.3 is 0 Å². The van der Waals surface area contributed by atoms with E-state index in [0.717, 1.165) is 6.26 Å². The Morgan fingerprint density at radius 3 is 2.39 bits per heavy atom.